The third-order valence-electron chi connectivity index (χ3n) is 3.21. The van der Waals surface area contributed by atoms with Crippen LogP contribution in [0.15, 0.2) is 18.2 Å². The van der Waals surface area contributed by atoms with Crippen molar-refractivity contribution in [1.82, 2.24) is 4.72 Å². The minimum absolute atomic E-state index is 0.257. The molecule has 0 aliphatic carbocycles. The average molecular weight is 269 g/mol. The second-order valence-electron chi connectivity index (χ2n) is 4.94. The maximum Gasteiger partial charge on any atom is 0.210 e. The highest BCUT2D eigenvalue weighted by atomic mass is 32.2. The van der Waals surface area contributed by atoms with Gasteiger partial charge in [0.1, 0.15) is 0 Å². The van der Waals surface area contributed by atoms with Gasteiger partial charge in [0.25, 0.3) is 0 Å². The Morgan fingerprint density at radius 3 is 2.78 bits per heavy atom. The standard InChI is InChI=1S/C12H19N3O2S/c1-8-7-15(9(2)14-18(3,16)17)12-5-4-10(13)6-11(8)12/h4-6,8-9,14H,7,13H2,1-3H3. The monoisotopic (exact) mass is 269 g/mol. The van der Waals surface area contributed by atoms with Gasteiger partial charge in [0.05, 0.1) is 12.4 Å². The van der Waals surface area contributed by atoms with Gasteiger partial charge in [0.2, 0.25) is 10.0 Å². The minimum Gasteiger partial charge on any atom is -0.399 e. The van der Waals surface area contributed by atoms with E-state index in [0.717, 1.165) is 17.9 Å². The number of nitrogen functional groups attached to an aromatic ring is 1. The molecule has 1 aliphatic rings. The van der Waals surface area contributed by atoms with Gasteiger partial charge in [0, 0.05) is 23.8 Å². The molecule has 1 aliphatic heterocycles. The Kier molecular flexibility index (Phi) is 3.25. The van der Waals surface area contributed by atoms with E-state index in [1.165, 1.54) is 11.8 Å². The number of nitrogens with two attached hydrogens (primary N) is 1. The van der Waals surface area contributed by atoms with Gasteiger partial charge in [-0.25, -0.2) is 8.42 Å². The third kappa shape index (κ3) is 2.59. The molecule has 0 aromatic heterocycles. The molecule has 5 nitrogen and oxygen atoms in total. The normalized spacial score (nSPS) is 20.8. The summed E-state index contributed by atoms with van der Waals surface area (Å²) in [6, 6.07) is 5.76. The van der Waals surface area contributed by atoms with E-state index < -0.39 is 10.0 Å². The predicted octanol–water partition coefficient (Wildman–Crippen LogP) is 1.09. The van der Waals surface area contributed by atoms with Crippen LogP contribution in [-0.4, -0.2) is 27.4 Å². The minimum atomic E-state index is -3.21. The molecule has 100 valence electrons. The Morgan fingerprint density at radius 1 is 1.50 bits per heavy atom. The summed E-state index contributed by atoms with van der Waals surface area (Å²) in [5.74, 6) is 0.354. The number of benzene rings is 1. The molecule has 18 heavy (non-hydrogen) atoms. The molecule has 1 aromatic carbocycles. The van der Waals surface area contributed by atoms with Gasteiger partial charge in [-0.05, 0) is 30.7 Å². The fourth-order valence-corrected chi connectivity index (χ4v) is 3.21. The molecule has 0 spiro atoms. The lowest BCUT2D eigenvalue weighted by molar-refractivity contribution is 0.552. The van der Waals surface area contributed by atoms with Gasteiger partial charge in [-0.3, -0.25) is 0 Å². The Hall–Kier alpha value is -1.27. The molecular weight excluding hydrogens is 250 g/mol. The van der Waals surface area contributed by atoms with Crippen LogP contribution in [0.4, 0.5) is 11.4 Å². The van der Waals surface area contributed by atoms with Crippen LogP contribution in [0.5, 0.6) is 0 Å². The topological polar surface area (TPSA) is 75.4 Å². The Bertz CT molecular complexity index is 556. The summed E-state index contributed by atoms with van der Waals surface area (Å²) in [7, 11) is -3.21. The fourth-order valence-electron chi connectivity index (χ4n) is 2.46. The number of anilines is 2. The zero-order valence-electron chi connectivity index (χ0n) is 10.8. The molecule has 0 saturated heterocycles. The molecule has 0 amide bonds. The first-order valence-electron chi connectivity index (χ1n) is 5.91. The van der Waals surface area contributed by atoms with Crippen LogP contribution in [0.25, 0.3) is 0 Å². The highest BCUT2D eigenvalue weighted by Crippen LogP contribution is 2.37. The summed E-state index contributed by atoms with van der Waals surface area (Å²) >= 11 is 0. The fraction of sp³-hybridized carbons (Fsp3) is 0.500. The summed E-state index contributed by atoms with van der Waals surface area (Å²) in [5, 5.41) is 0. The largest absolute Gasteiger partial charge is 0.399 e. The molecule has 0 bridgehead atoms. The second kappa shape index (κ2) is 4.44. The lowest BCUT2D eigenvalue weighted by Crippen LogP contribution is -2.45. The van der Waals surface area contributed by atoms with Gasteiger partial charge < -0.3 is 10.6 Å². The first-order chi connectivity index (χ1) is 8.28. The molecule has 0 saturated carbocycles. The molecule has 2 atom stereocenters. The SMILES string of the molecule is CC1CN(C(C)NS(C)(=O)=O)c2ccc(N)cc21. The van der Waals surface area contributed by atoms with Gasteiger partial charge in [0.15, 0.2) is 0 Å². The number of rotatable bonds is 3. The van der Waals surface area contributed by atoms with Crippen LogP contribution < -0.4 is 15.4 Å². The van der Waals surface area contributed by atoms with Crippen LogP contribution in [0.1, 0.15) is 25.3 Å². The van der Waals surface area contributed by atoms with E-state index in [4.69, 9.17) is 5.73 Å². The lowest BCUT2D eigenvalue weighted by Gasteiger charge is -2.27. The van der Waals surface area contributed by atoms with Crippen LogP contribution in [0.3, 0.4) is 0 Å². The number of nitrogens with one attached hydrogen (secondary N) is 1. The average Bonchev–Trinajstić information content (AvgIpc) is 2.54. The van der Waals surface area contributed by atoms with Crippen molar-refractivity contribution in [2.75, 3.05) is 23.4 Å². The maximum atomic E-state index is 11.3. The van der Waals surface area contributed by atoms with Crippen molar-refractivity contribution < 1.29 is 8.42 Å². The van der Waals surface area contributed by atoms with Crippen molar-refractivity contribution in [2.24, 2.45) is 0 Å². The second-order valence-corrected chi connectivity index (χ2v) is 6.72. The van der Waals surface area contributed by atoms with Crippen molar-refractivity contribution >= 4 is 21.4 Å². The molecule has 3 N–H and O–H groups in total. The van der Waals surface area contributed by atoms with Crippen molar-refractivity contribution in [3.63, 3.8) is 0 Å². The Balaban J connectivity index is 2.29. The van der Waals surface area contributed by atoms with Crippen LogP contribution in [0, 0.1) is 0 Å². The van der Waals surface area contributed by atoms with Gasteiger partial charge in [-0.2, -0.15) is 4.72 Å². The number of hydrogen-bond donors (Lipinski definition) is 2. The molecule has 1 aromatic rings. The quantitative estimate of drug-likeness (QED) is 0.805. The predicted molar refractivity (Wildman–Crippen MR) is 74.1 cm³/mol. The summed E-state index contributed by atoms with van der Waals surface area (Å²) < 4.78 is 25.2. The van der Waals surface area contributed by atoms with Crippen molar-refractivity contribution in [3.05, 3.63) is 23.8 Å². The van der Waals surface area contributed by atoms with Crippen molar-refractivity contribution in [1.29, 1.82) is 0 Å². The summed E-state index contributed by atoms with van der Waals surface area (Å²) in [4.78, 5) is 2.06. The van der Waals surface area contributed by atoms with Crippen molar-refractivity contribution in [3.8, 4) is 0 Å². The highest BCUT2D eigenvalue weighted by Gasteiger charge is 2.29. The highest BCUT2D eigenvalue weighted by molar-refractivity contribution is 7.88. The van der Waals surface area contributed by atoms with E-state index in [1.807, 2.05) is 25.1 Å². The molecule has 1 heterocycles. The Labute approximate surface area is 108 Å². The van der Waals surface area contributed by atoms with Gasteiger partial charge >= 0.3 is 0 Å². The molecule has 6 heteroatoms. The van der Waals surface area contributed by atoms with E-state index in [1.54, 1.807) is 0 Å². The van der Waals surface area contributed by atoms with Gasteiger partial charge in [-0.15, -0.1) is 0 Å². The molecular formula is C12H19N3O2S. The maximum absolute atomic E-state index is 11.3. The summed E-state index contributed by atoms with van der Waals surface area (Å²) in [6.07, 6.45) is 0.916. The molecule has 0 fully saturated rings. The zero-order valence-corrected chi connectivity index (χ0v) is 11.7. The van der Waals surface area contributed by atoms with Gasteiger partial charge in [-0.1, -0.05) is 6.92 Å². The van der Waals surface area contributed by atoms with E-state index in [9.17, 15) is 8.42 Å². The van der Waals surface area contributed by atoms with Crippen LogP contribution in [-0.2, 0) is 10.0 Å². The first kappa shape index (κ1) is 13.2. The van der Waals surface area contributed by atoms with E-state index in [2.05, 4.69) is 16.5 Å². The number of sulfonamides is 1. The number of hydrogen-bond acceptors (Lipinski definition) is 4. The molecule has 2 rings (SSSR count). The van der Waals surface area contributed by atoms with E-state index >= 15 is 0 Å². The Morgan fingerprint density at radius 2 is 2.17 bits per heavy atom. The van der Waals surface area contributed by atoms with Crippen LogP contribution in [0.2, 0.25) is 0 Å². The zero-order chi connectivity index (χ0) is 13.5. The summed E-state index contributed by atoms with van der Waals surface area (Å²) in [5.41, 5.74) is 8.76. The lowest BCUT2D eigenvalue weighted by atomic mass is 10.0. The number of fused-ring (bicyclic) bond motifs is 1. The first-order valence-corrected chi connectivity index (χ1v) is 7.80. The smallest absolute Gasteiger partial charge is 0.210 e. The van der Waals surface area contributed by atoms with E-state index in [-0.39, 0.29) is 6.17 Å². The van der Waals surface area contributed by atoms with Crippen molar-refractivity contribution in [2.45, 2.75) is 25.9 Å². The molecule has 0 radical (unpaired) electrons. The van der Waals surface area contributed by atoms with E-state index in [0.29, 0.717) is 5.92 Å². The third-order valence-corrected chi connectivity index (χ3v) is 3.98. The number of nitrogens with zero attached hydrogens (tertiary/aromatic N) is 1. The molecule has 2 unspecified atom stereocenters. The van der Waals surface area contributed by atoms with Crippen LogP contribution >= 0.6 is 0 Å². The summed E-state index contributed by atoms with van der Waals surface area (Å²) in [6.45, 7) is 4.76.